The Hall–Kier alpha value is -0.380. The smallest absolute Gasteiger partial charge is 0.0343 e. The quantitative estimate of drug-likeness (QED) is 0.645. The molecule has 1 N–H and O–H groups in total. The molecule has 2 nitrogen and oxygen atoms in total. The summed E-state index contributed by atoms with van der Waals surface area (Å²) in [5, 5.41) is 3.69. The summed E-state index contributed by atoms with van der Waals surface area (Å²) in [5.74, 6) is 0.782. The Balaban J connectivity index is 2.56. The van der Waals surface area contributed by atoms with Crippen LogP contribution in [0.15, 0.2) is 28.7 Å². The second-order valence-corrected chi connectivity index (χ2v) is 7.16. The molecule has 0 saturated carbocycles. The Labute approximate surface area is 139 Å². The van der Waals surface area contributed by atoms with E-state index in [0.29, 0.717) is 6.04 Å². The van der Waals surface area contributed by atoms with E-state index < -0.39 is 0 Å². The Morgan fingerprint density at radius 3 is 2.43 bits per heavy atom. The van der Waals surface area contributed by atoms with Crippen molar-refractivity contribution in [3.8, 4) is 0 Å². The Bertz CT molecular complexity index is 393. The maximum Gasteiger partial charge on any atom is 0.0343 e. The number of benzene rings is 1. The van der Waals surface area contributed by atoms with Crippen LogP contribution in [0.1, 0.15) is 51.6 Å². The second-order valence-electron chi connectivity index (χ2n) is 6.30. The lowest BCUT2D eigenvalue weighted by Crippen LogP contribution is -2.29. The van der Waals surface area contributed by atoms with Gasteiger partial charge in [0.05, 0.1) is 0 Å². The van der Waals surface area contributed by atoms with E-state index in [1.54, 1.807) is 0 Å². The van der Waals surface area contributed by atoms with Gasteiger partial charge in [0.1, 0.15) is 0 Å². The van der Waals surface area contributed by atoms with Gasteiger partial charge in [0.2, 0.25) is 0 Å². The van der Waals surface area contributed by atoms with E-state index >= 15 is 0 Å². The van der Waals surface area contributed by atoms with E-state index in [2.05, 4.69) is 78.2 Å². The minimum Gasteiger partial charge on any atom is -0.310 e. The lowest BCUT2D eigenvalue weighted by atomic mass is 10.0. The van der Waals surface area contributed by atoms with Crippen molar-refractivity contribution in [2.45, 2.75) is 46.1 Å². The Kier molecular flexibility index (Phi) is 9.21. The summed E-state index contributed by atoms with van der Waals surface area (Å²) in [7, 11) is 2.24. The average molecular weight is 355 g/mol. The van der Waals surface area contributed by atoms with Gasteiger partial charge in [0.25, 0.3) is 0 Å². The Morgan fingerprint density at radius 1 is 1.14 bits per heavy atom. The Morgan fingerprint density at radius 2 is 1.81 bits per heavy atom. The summed E-state index contributed by atoms with van der Waals surface area (Å²) in [4.78, 5) is 2.46. The van der Waals surface area contributed by atoms with Crippen LogP contribution >= 0.6 is 15.9 Å². The van der Waals surface area contributed by atoms with Crippen LogP contribution in [0, 0.1) is 5.92 Å². The number of hydrogen-bond acceptors (Lipinski definition) is 2. The van der Waals surface area contributed by atoms with Crippen LogP contribution in [0.4, 0.5) is 0 Å². The number of rotatable bonds is 10. The van der Waals surface area contributed by atoms with Gasteiger partial charge in [-0.2, -0.15) is 0 Å². The molecule has 0 amide bonds. The number of nitrogens with one attached hydrogen (secondary N) is 1. The molecule has 0 aliphatic rings. The topological polar surface area (TPSA) is 15.3 Å². The average Bonchev–Trinajstić information content (AvgIpc) is 2.46. The summed E-state index contributed by atoms with van der Waals surface area (Å²) in [6.07, 6.45) is 3.60. The standard InChI is InChI=1S/C18H31BrN2/c1-5-12-20-18(16-8-6-7-9-17(16)19)11-14-21(4)13-10-15(2)3/h6-9,15,18,20H,5,10-14H2,1-4H3. The highest BCUT2D eigenvalue weighted by Gasteiger charge is 2.14. The van der Waals surface area contributed by atoms with Gasteiger partial charge in [-0.15, -0.1) is 0 Å². The second kappa shape index (κ2) is 10.4. The minimum absolute atomic E-state index is 0.432. The number of hydrogen-bond donors (Lipinski definition) is 1. The highest BCUT2D eigenvalue weighted by Crippen LogP contribution is 2.25. The molecule has 0 spiro atoms. The molecule has 0 aliphatic heterocycles. The maximum absolute atomic E-state index is 3.69. The first-order valence-electron chi connectivity index (χ1n) is 8.21. The lowest BCUT2D eigenvalue weighted by Gasteiger charge is -2.24. The molecular weight excluding hydrogens is 324 g/mol. The molecular formula is C18H31BrN2. The van der Waals surface area contributed by atoms with Crippen LogP contribution in [0.5, 0.6) is 0 Å². The molecule has 21 heavy (non-hydrogen) atoms. The van der Waals surface area contributed by atoms with Crippen molar-refractivity contribution in [3.63, 3.8) is 0 Å². The summed E-state index contributed by atoms with van der Waals surface area (Å²) in [6.45, 7) is 10.2. The van der Waals surface area contributed by atoms with Crippen LogP contribution in [-0.2, 0) is 0 Å². The molecule has 0 heterocycles. The van der Waals surface area contributed by atoms with Gasteiger partial charge in [-0.25, -0.2) is 0 Å². The molecule has 1 rings (SSSR count). The molecule has 1 unspecified atom stereocenters. The summed E-state index contributed by atoms with van der Waals surface area (Å²) in [6, 6.07) is 9.01. The SMILES string of the molecule is CCCNC(CCN(C)CCC(C)C)c1ccccc1Br. The van der Waals surface area contributed by atoms with Gasteiger partial charge >= 0.3 is 0 Å². The fraction of sp³-hybridized carbons (Fsp3) is 0.667. The predicted octanol–water partition coefficient (Wildman–Crippen LogP) is 4.86. The summed E-state index contributed by atoms with van der Waals surface area (Å²) in [5.41, 5.74) is 1.38. The molecule has 120 valence electrons. The molecule has 0 fully saturated rings. The summed E-state index contributed by atoms with van der Waals surface area (Å²) >= 11 is 3.69. The van der Waals surface area contributed by atoms with Crippen LogP contribution < -0.4 is 5.32 Å². The van der Waals surface area contributed by atoms with Crippen molar-refractivity contribution in [3.05, 3.63) is 34.3 Å². The highest BCUT2D eigenvalue weighted by atomic mass is 79.9. The van der Waals surface area contributed by atoms with Crippen molar-refractivity contribution < 1.29 is 0 Å². The molecule has 1 atom stereocenters. The third kappa shape index (κ3) is 7.44. The fourth-order valence-electron chi connectivity index (χ4n) is 2.38. The molecule has 0 saturated heterocycles. The first-order chi connectivity index (χ1) is 10.0. The van der Waals surface area contributed by atoms with Gasteiger partial charge in [-0.3, -0.25) is 0 Å². The number of halogens is 1. The zero-order chi connectivity index (χ0) is 15.7. The van der Waals surface area contributed by atoms with Crippen LogP contribution in [0.3, 0.4) is 0 Å². The first kappa shape index (κ1) is 18.7. The van der Waals surface area contributed by atoms with Crippen molar-refractivity contribution in [1.82, 2.24) is 10.2 Å². The minimum atomic E-state index is 0.432. The largest absolute Gasteiger partial charge is 0.310 e. The van der Waals surface area contributed by atoms with Crippen LogP contribution in [-0.4, -0.2) is 31.6 Å². The van der Waals surface area contributed by atoms with E-state index in [4.69, 9.17) is 0 Å². The van der Waals surface area contributed by atoms with Crippen LogP contribution in [0.25, 0.3) is 0 Å². The van der Waals surface area contributed by atoms with E-state index in [0.717, 1.165) is 25.4 Å². The van der Waals surface area contributed by atoms with E-state index in [1.807, 2.05) is 0 Å². The number of nitrogens with zero attached hydrogens (tertiary/aromatic N) is 1. The molecule has 0 radical (unpaired) electrons. The normalized spacial score (nSPS) is 13.1. The van der Waals surface area contributed by atoms with Gasteiger partial charge in [0, 0.05) is 10.5 Å². The molecule has 0 aliphatic carbocycles. The van der Waals surface area contributed by atoms with Gasteiger partial charge in [-0.05, 0) is 63.5 Å². The van der Waals surface area contributed by atoms with E-state index in [-0.39, 0.29) is 0 Å². The first-order valence-corrected chi connectivity index (χ1v) is 9.00. The molecule has 0 bridgehead atoms. The van der Waals surface area contributed by atoms with Crippen molar-refractivity contribution in [2.75, 3.05) is 26.7 Å². The van der Waals surface area contributed by atoms with Gasteiger partial charge < -0.3 is 10.2 Å². The van der Waals surface area contributed by atoms with Crippen molar-refractivity contribution in [2.24, 2.45) is 5.92 Å². The zero-order valence-electron chi connectivity index (χ0n) is 14.0. The van der Waals surface area contributed by atoms with Crippen molar-refractivity contribution in [1.29, 1.82) is 0 Å². The fourth-order valence-corrected chi connectivity index (χ4v) is 2.94. The zero-order valence-corrected chi connectivity index (χ0v) is 15.6. The maximum atomic E-state index is 3.69. The highest BCUT2D eigenvalue weighted by molar-refractivity contribution is 9.10. The van der Waals surface area contributed by atoms with Crippen molar-refractivity contribution >= 4 is 15.9 Å². The van der Waals surface area contributed by atoms with Gasteiger partial charge in [0.15, 0.2) is 0 Å². The van der Waals surface area contributed by atoms with Crippen LogP contribution in [0.2, 0.25) is 0 Å². The lowest BCUT2D eigenvalue weighted by molar-refractivity contribution is 0.289. The van der Waals surface area contributed by atoms with E-state index in [9.17, 15) is 0 Å². The molecule has 1 aromatic rings. The molecule has 3 heteroatoms. The van der Waals surface area contributed by atoms with E-state index in [1.165, 1.54) is 29.4 Å². The molecule has 0 aromatic heterocycles. The third-order valence-electron chi connectivity index (χ3n) is 3.81. The molecule has 1 aromatic carbocycles. The monoisotopic (exact) mass is 354 g/mol. The third-order valence-corrected chi connectivity index (χ3v) is 4.53. The summed E-state index contributed by atoms with van der Waals surface area (Å²) < 4.78 is 1.21. The predicted molar refractivity (Wildman–Crippen MR) is 96.7 cm³/mol. The van der Waals surface area contributed by atoms with Gasteiger partial charge in [-0.1, -0.05) is 54.9 Å².